The molecule has 0 unspecified atom stereocenters. The van der Waals surface area contributed by atoms with Gasteiger partial charge in [-0.15, -0.1) is 0 Å². The molecule has 0 bridgehead atoms. The molecule has 1 aliphatic rings. The summed E-state index contributed by atoms with van der Waals surface area (Å²) in [6.07, 6.45) is 7.92. The highest BCUT2D eigenvalue weighted by molar-refractivity contribution is 6.08. The minimum Gasteiger partial charge on any atom is -0.457 e. The molecule has 0 saturated carbocycles. The second kappa shape index (κ2) is 9.06. The van der Waals surface area contributed by atoms with Crippen LogP contribution in [0, 0.1) is 6.92 Å². The molecular weight excluding hydrogens is 484 g/mol. The quantitative estimate of drug-likeness (QED) is 0.253. The molecule has 0 atom stereocenters. The number of hydrogen-bond donors (Lipinski definition) is 0. The van der Waals surface area contributed by atoms with Gasteiger partial charge in [-0.05, 0) is 43.3 Å². The number of nitrogens with zero attached hydrogens (tertiary/aromatic N) is 6. The number of rotatable bonds is 5. The lowest BCUT2D eigenvalue weighted by atomic mass is 10.2. The standard InChI is InChI=1S/C32H28N6O/c1-22-32(38-29-13-5-4-12-27(29)28-14-15-33-20-30(28)38)36(3)31(34-22)23-8-6-10-25(18-23)39-26-11-7-9-24(19-26)37-17-16-35(2)21-37/h4-20H,21H2,1-3H3. The van der Waals surface area contributed by atoms with Crippen molar-refractivity contribution in [1.82, 2.24) is 24.0 Å². The van der Waals surface area contributed by atoms with Crippen molar-refractivity contribution in [3.63, 3.8) is 0 Å². The van der Waals surface area contributed by atoms with Gasteiger partial charge in [-0.2, -0.15) is 0 Å². The van der Waals surface area contributed by atoms with E-state index in [1.807, 2.05) is 36.7 Å². The summed E-state index contributed by atoms with van der Waals surface area (Å²) in [5.41, 5.74) is 5.22. The van der Waals surface area contributed by atoms with Gasteiger partial charge in [-0.3, -0.25) is 9.55 Å². The highest BCUT2D eigenvalue weighted by atomic mass is 16.5. The Kier molecular flexibility index (Phi) is 5.37. The van der Waals surface area contributed by atoms with E-state index in [-0.39, 0.29) is 0 Å². The normalized spacial score (nSPS) is 13.2. The maximum absolute atomic E-state index is 6.32. The Bertz CT molecular complexity index is 1830. The second-order valence-electron chi connectivity index (χ2n) is 9.94. The van der Waals surface area contributed by atoms with Crippen molar-refractivity contribution >= 4 is 27.5 Å². The first-order valence-corrected chi connectivity index (χ1v) is 13.0. The number of anilines is 1. The summed E-state index contributed by atoms with van der Waals surface area (Å²) in [6, 6.07) is 26.8. The van der Waals surface area contributed by atoms with Crippen molar-refractivity contribution in [3.05, 3.63) is 109 Å². The Hall–Kier alpha value is -5.04. The van der Waals surface area contributed by atoms with Crippen LogP contribution in [-0.4, -0.2) is 37.7 Å². The van der Waals surface area contributed by atoms with E-state index in [1.54, 1.807) is 0 Å². The first-order chi connectivity index (χ1) is 19.1. The first kappa shape index (κ1) is 23.1. The molecule has 7 heteroatoms. The zero-order valence-corrected chi connectivity index (χ0v) is 22.1. The van der Waals surface area contributed by atoms with Crippen LogP contribution in [0.1, 0.15) is 5.69 Å². The zero-order chi connectivity index (χ0) is 26.5. The highest BCUT2D eigenvalue weighted by Gasteiger charge is 2.20. The zero-order valence-electron chi connectivity index (χ0n) is 22.1. The minimum absolute atomic E-state index is 0.766. The van der Waals surface area contributed by atoms with Crippen LogP contribution in [0.5, 0.6) is 11.5 Å². The summed E-state index contributed by atoms with van der Waals surface area (Å²) in [6.45, 7) is 2.88. The Morgan fingerprint density at radius 3 is 2.44 bits per heavy atom. The summed E-state index contributed by atoms with van der Waals surface area (Å²) in [4.78, 5) is 13.8. The average molecular weight is 513 g/mol. The fraction of sp³-hybridized carbons (Fsp3) is 0.125. The van der Waals surface area contributed by atoms with Gasteiger partial charge in [0.25, 0.3) is 0 Å². The molecule has 0 fully saturated rings. The molecule has 3 aromatic heterocycles. The monoisotopic (exact) mass is 512 g/mol. The molecule has 39 heavy (non-hydrogen) atoms. The molecule has 7 rings (SSSR count). The molecule has 6 aromatic rings. The summed E-state index contributed by atoms with van der Waals surface area (Å²) < 4.78 is 10.7. The number of imidazole rings is 1. The average Bonchev–Trinajstić information content (AvgIpc) is 3.62. The Morgan fingerprint density at radius 1 is 0.795 bits per heavy atom. The van der Waals surface area contributed by atoms with Crippen LogP contribution in [0.15, 0.2) is 104 Å². The summed E-state index contributed by atoms with van der Waals surface area (Å²) >= 11 is 0. The van der Waals surface area contributed by atoms with E-state index in [0.29, 0.717) is 0 Å². The molecule has 3 aromatic carbocycles. The largest absolute Gasteiger partial charge is 0.457 e. The number of aryl methyl sites for hydroxylation is 1. The van der Waals surface area contributed by atoms with Crippen molar-refractivity contribution in [1.29, 1.82) is 0 Å². The fourth-order valence-corrected chi connectivity index (χ4v) is 5.50. The van der Waals surface area contributed by atoms with E-state index in [4.69, 9.17) is 9.72 Å². The van der Waals surface area contributed by atoms with E-state index in [2.05, 4.69) is 112 Å². The van der Waals surface area contributed by atoms with E-state index in [1.165, 1.54) is 10.8 Å². The van der Waals surface area contributed by atoms with Crippen molar-refractivity contribution in [2.45, 2.75) is 6.92 Å². The number of para-hydroxylation sites is 1. The number of hydrogen-bond acceptors (Lipinski definition) is 5. The van der Waals surface area contributed by atoms with Crippen molar-refractivity contribution in [3.8, 4) is 28.7 Å². The van der Waals surface area contributed by atoms with Crippen LogP contribution in [-0.2, 0) is 7.05 Å². The van der Waals surface area contributed by atoms with Gasteiger partial charge in [-0.1, -0.05) is 36.4 Å². The maximum Gasteiger partial charge on any atom is 0.141 e. The summed E-state index contributed by atoms with van der Waals surface area (Å²) in [5.74, 6) is 3.46. The molecule has 7 nitrogen and oxygen atoms in total. The van der Waals surface area contributed by atoms with E-state index < -0.39 is 0 Å². The van der Waals surface area contributed by atoms with Gasteiger partial charge in [0.15, 0.2) is 0 Å². The molecule has 0 radical (unpaired) electrons. The molecule has 4 heterocycles. The van der Waals surface area contributed by atoms with Crippen LogP contribution in [0.3, 0.4) is 0 Å². The molecule has 0 amide bonds. The SMILES string of the molecule is Cc1nc(-c2cccc(Oc3cccc(N4C=CN(C)C4)c3)c2)n(C)c1-n1c2ccccc2c2ccncc21. The van der Waals surface area contributed by atoms with Crippen LogP contribution >= 0.6 is 0 Å². The Balaban J connectivity index is 1.26. The summed E-state index contributed by atoms with van der Waals surface area (Å²) in [5, 5.41) is 2.38. The highest BCUT2D eigenvalue weighted by Crippen LogP contribution is 2.35. The molecule has 0 saturated heterocycles. The van der Waals surface area contributed by atoms with E-state index in [0.717, 1.165) is 57.8 Å². The smallest absolute Gasteiger partial charge is 0.141 e. The third-order valence-corrected chi connectivity index (χ3v) is 7.27. The minimum atomic E-state index is 0.766. The number of ether oxygens (including phenoxy) is 1. The van der Waals surface area contributed by atoms with Crippen molar-refractivity contribution in [2.75, 3.05) is 18.6 Å². The molecular formula is C32H28N6O. The predicted octanol–water partition coefficient (Wildman–Crippen LogP) is 6.86. The maximum atomic E-state index is 6.32. The Labute approximate surface area is 226 Å². The molecule has 1 aliphatic heterocycles. The van der Waals surface area contributed by atoms with Crippen molar-refractivity contribution in [2.24, 2.45) is 7.05 Å². The van der Waals surface area contributed by atoms with Crippen LogP contribution < -0.4 is 9.64 Å². The van der Waals surface area contributed by atoms with Gasteiger partial charge in [0.1, 0.15) is 23.1 Å². The number of fused-ring (bicyclic) bond motifs is 3. The van der Waals surface area contributed by atoms with Crippen LogP contribution in [0.4, 0.5) is 5.69 Å². The van der Waals surface area contributed by atoms with Crippen LogP contribution in [0.25, 0.3) is 39.0 Å². The Morgan fingerprint density at radius 2 is 1.59 bits per heavy atom. The number of pyridine rings is 1. The van der Waals surface area contributed by atoms with Crippen molar-refractivity contribution < 1.29 is 4.74 Å². The molecule has 0 N–H and O–H groups in total. The van der Waals surface area contributed by atoms with Crippen LogP contribution in [0.2, 0.25) is 0 Å². The first-order valence-electron chi connectivity index (χ1n) is 13.0. The predicted molar refractivity (Wildman–Crippen MR) is 156 cm³/mol. The molecule has 0 aliphatic carbocycles. The lowest BCUT2D eigenvalue weighted by molar-refractivity contribution is 0.481. The van der Waals surface area contributed by atoms with Gasteiger partial charge in [0, 0.05) is 60.8 Å². The topological polar surface area (TPSA) is 51.4 Å². The van der Waals surface area contributed by atoms with E-state index in [9.17, 15) is 0 Å². The van der Waals surface area contributed by atoms with Gasteiger partial charge < -0.3 is 19.1 Å². The summed E-state index contributed by atoms with van der Waals surface area (Å²) in [7, 11) is 4.13. The van der Waals surface area contributed by atoms with Gasteiger partial charge in [0.05, 0.1) is 29.6 Å². The second-order valence-corrected chi connectivity index (χ2v) is 9.94. The van der Waals surface area contributed by atoms with Gasteiger partial charge in [0.2, 0.25) is 0 Å². The van der Waals surface area contributed by atoms with Gasteiger partial charge in [-0.25, -0.2) is 4.98 Å². The lowest BCUT2D eigenvalue weighted by Gasteiger charge is -2.19. The third kappa shape index (κ3) is 3.90. The lowest BCUT2D eigenvalue weighted by Crippen LogP contribution is -2.21. The number of benzene rings is 3. The van der Waals surface area contributed by atoms with E-state index >= 15 is 0 Å². The fourth-order valence-electron chi connectivity index (χ4n) is 5.50. The number of aromatic nitrogens is 4. The molecule has 0 spiro atoms. The molecule has 192 valence electrons. The van der Waals surface area contributed by atoms with Gasteiger partial charge >= 0.3 is 0 Å². The third-order valence-electron chi connectivity index (χ3n) is 7.27.